The molecule has 0 saturated carbocycles. The molecule has 0 atom stereocenters. The third-order valence-corrected chi connectivity index (χ3v) is 2.83. The lowest BCUT2D eigenvalue weighted by molar-refractivity contribution is -0.131. The fraction of sp³-hybridized carbons (Fsp3) is 0.100. The van der Waals surface area contributed by atoms with Gasteiger partial charge in [-0.25, -0.2) is 4.79 Å². The number of Topliss-reactive ketones (excluding diaryl/α,β-unsaturated/α-hetero) is 1. The van der Waals surface area contributed by atoms with E-state index in [0.717, 1.165) is 0 Å². The fourth-order valence-electron chi connectivity index (χ4n) is 1.57. The van der Waals surface area contributed by atoms with Crippen molar-refractivity contribution in [1.29, 1.82) is 0 Å². The minimum absolute atomic E-state index is 0.143. The normalized spacial score (nSPS) is 10.6. The van der Waals surface area contributed by atoms with E-state index in [1.54, 1.807) is 23.9 Å². The standard InChI is InChI=1S/C10H7BrN2O3/c1-13-6-4-2-3-5(8(14)10(15)16)7(6)9(11)12-13/h2-4H,1H3,(H,15,16). The molecule has 2 rings (SSSR count). The molecule has 0 aliphatic rings. The van der Waals surface area contributed by atoms with E-state index in [0.29, 0.717) is 15.5 Å². The predicted molar refractivity (Wildman–Crippen MR) is 60.4 cm³/mol. The first-order valence-corrected chi connectivity index (χ1v) is 5.20. The van der Waals surface area contributed by atoms with Crippen LogP contribution in [0.4, 0.5) is 0 Å². The van der Waals surface area contributed by atoms with Crippen LogP contribution in [0, 0.1) is 0 Å². The number of hydrogen-bond donors (Lipinski definition) is 1. The number of aliphatic carboxylic acids is 1. The quantitative estimate of drug-likeness (QED) is 0.671. The Hall–Kier alpha value is -1.69. The highest BCUT2D eigenvalue weighted by Crippen LogP contribution is 2.26. The van der Waals surface area contributed by atoms with Crippen LogP contribution in [0.3, 0.4) is 0 Å². The van der Waals surface area contributed by atoms with Crippen molar-refractivity contribution >= 4 is 38.6 Å². The molecular weight excluding hydrogens is 276 g/mol. The number of fused-ring (bicyclic) bond motifs is 1. The molecule has 2 aromatic rings. The van der Waals surface area contributed by atoms with Crippen LogP contribution < -0.4 is 0 Å². The number of hydrogen-bond acceptors (Lipinski definition) is 3. The first-order chi connectivity index (χ1) is 7.52. The number of benzene rings is 1. The van der Waals surface area contributed by atoms with Gasteiger partial charge in [0.25, 0.3) is 5.78 Å². The zero-order valence-electron chi connectivity index (χ0n) is 8.27. The summed E-state index contributed by atoms with van der Waals surface area (Å²) >= 11 is 3.21. The van der Waals surface area contributed by atoms with Crippen molar-refractivity contribution in [3.05, 3.63) is 28.4 Å². The van der Waals surface area contributed by atoms with E-state index < -0.39 is 11.8 Å². The molecule has 1 aromatic carbocycles. The number of carbonyl (C=O) groups excluding carboxylic acids is 1. The molecule has 0 fully saturated rings. The zero-order valence-corrected chi connectivity index (χ0v) is 9.85. The van der Waals surface area contributed by atoms with Crippen molar-refractivity contribution < 1.29 is 14.7 Å². The largest absolute Gasteiger partial charge is 0.475 e. The van der Waals surface area contributed by atoms with Gasteiger partial charge < -0.3 is 5.11 Å². The molecule has 16 heavy (non-hydrogen) atoms. The highest BCUT2D eigenvalue weighted by Gasteiger charge is 2.20. The van der Waals surface area contributed by atoms with Crippen LogP contribution >= 0.6 is 15.9 Å². The Labute approximate surface area is 98.8 Å². The molecule has 1 aromatic heterocycles. The third-order valence-electron chi connectivity index (χ3n) is 2.27. The van der Waals surface area contributed by atoms with E-state index in [2.05, 4.69) is 21.0 Å². The molecule has 1 heterocycles. The van der Waals surface area contributed by atoms with Crippen LogP contribution in [0.5, 0.6) is 0 Å². The molecule has 0 spiro atoms. The molecule has 0 aliphatic heterocycles. The summed E-state index contributed by atoms with van der Waals surface area (Å²) in [5.74, 6) is -2.40. The predicted octanol–water partition coefficient (Wildman–Crippen LogP) is 1.60. The third kappa shape index (κ3) is 1.51. The summed E-state index contributed by atoms with van der Waals surface area (Å²) in [4.78, 5) is 22.1. The number of carboxylic acid groups (broad SMARTS) is 1. The number of rotatable bonds is 2. The number of carboxylic acids is 1. The van der Waals surface area contributed by atoms with Crippen LogP contribution in [-0.2, 0) is 11.8 Å². The van der Waals surface area contributed by atoms with Gasteiger partial charge in [0, 0.05) is 18.0 Å². The van der Waals surface area contributed by atoms with Gasteiger partial charge in [-0.05, 0) is 28.1 Å². The van der Waals surface area contributed by atoms with Crippen molar-refractivity contribution in [1.82, 2.24) is 9.78 Å². The Bertz CT molecular complexity index is 603. The minimum Gasteiger partial charge on any atom is -0.475 e. The lowest BCUT2D eigenvalue weighted by atomic mass is 10.1. The van der Waals surface area contributed by atoms with E-state index in [4.69, 9.17) is 5.11 Å². The number of aryl methyl sites for hydroxylation is 1. The first kappa shape index (κ1) is 10.8. The second kappa shape index (κ2) is 3.71. The zero-order chi connectivity index (χ0) is 11.9. The fourth-order valence-corrected chi connectivity index (χ4v) is 2.22. The highest BCUT2D eigenvalue weighted by atomic mass is 79.9. The van der Waals surface area contributed by atoms with E-state index >= 15 is 0 Å². The molecule has 1 N–H and O–H groups in total. The van der Waals surface area contributed by atoms with Crippen LogP contribution in [0.25, 0.3) is 10.9 Å². The summed E-state index contributed by atoms with van der Waals surface area (Å²) in [5, 5.41) is 13.3. The topological polar surface area (TPSA) is 72.2 Å². The summed E-state index contributed by atoms with van der Waals surface area (Å²) in [6, 6.07) is 4.88. The maximum Gasteiger partial charge on any atom is 0.377 e. The lowest BCUT2D eigenvalue weighted by Crippen LogP contribution is -2.12. The average Bonchev–Trinajstić information content (AvgIpc) is 2.54. The van der Waals surface area contributed by atoms with Gasteiger partial charge in [-0.15, -0.1) is 0 Å². The number of carbonyl (C=O) groups is 2. The Kier molecular flexibility index (Phi) is 2.51. The van der Waals surface area contributed by atoms with Gasteiger partial charge in [0.2, 0.25) is 0 Å². The second-order valence-corrected chi connectivity index (χ2v) is 4.00. The molecular formula is C10H7BrN2O3. The summed E-state index contributed by atoms with van der Waals surface area (Å²) < 4.78 is 2.05. The molecule has 82 valence electrons. The van der Waals surface area contributed by atoms with Gasteiger partial charge >= 0.3 is 5.97 Å². The monoisotopic (exact) mass is 282 g/mol. The molecule has 5 nitrogen and oxygen atoms in total. The van der Waals surface area contributed by atoms with E-state index in [-0.39, 0.29) is 5.56 Å². The Morgan fingerprint density at radius 3 is 2.75 bits per heavy atom. The molecule has 0 saturated heterocycles. The molecule has 0 radical (unpaired) electrons. The molecule has 0 unspecified atom stereocenters. The van der Waals surface area contributed by atoms with Gasteiger partial charge in [-0.1, -0.05) is 6.07 Å². The van der Waals surface area contributed by atoms with E-state index in [1.165, 1.54) is 6.07 Å². The van der Waals surface area contributed by atoms with Crippen molar-refractivity contribution in [2.75, 3.05) is 0 Å². The summed E-state index contributed by atoms with van der Waals surface area (Å²) in [5.41, 5.74) is 0.851. The van der Waals surface area contributed by atoms with Crippen LogP contribution in [0.1, 0.15) is 10.4 Å². The molecule has 0 bridgehead atoms. The summed E-state index contributed by atoms with van der Waals surface area (Å²) in [7, 11) is 1.72. The summed E-state index contributed by atoms with van der Waals surface area (Å²) in [6.07, 6.45) is 0. The van der Waals surface area contributed by atoms with E-state index in [1.807, 2.05) is 0 Å². The number of ketones is 1. The van der Waals surface area contributed by atoms with Crippen molar-refractivity contribution in [3.8, 4) is 0 Å². The van der Waals surface area contributed by atoms with Crippen LogP contribution in [0.2, 0.25) is 0 Å². The van der Waals surface area contributed by atoms with Gasteiger partial charge in [-0.2, -0.15) is 5.10 Å². The summed E-state index contributed by atoms with van der Waals surface area (Å²) in [6.45, 7) is 0. The van der Waals surface area contributed by atoms with Crippen LogP contribution in [-0.4, -0.2) is 26.6 Å². The highest BCUT2D eigenvalue weighted by molar-refractivity contribution is 9.10. The smallest absolute Gasteiger partial charge is 0.377 e. The molecule has 0 amide bonds. The number of halogens is 1. The molecule has 0 aliphatic carbocycles. The van der Waals surface area contributed by atoms with Gasteiger partial charge in [0.05, 0.1) is 5.52 Å². The van der Waals surface area contributed by atoms with E-state index in [9.17, 15) is 9.59 Å². The van der Waals surface area contributed by atoms with Crippen molar-refractivity contribution in [2.45, 2.75) is 0 Å². The molecule has 6 heteroatoms. The SMILES string of the molecule is Cn1nc(Br)c2c(C(=O)C(=O)O)cccc21. The number of aromatic nitrogens is 2. The average molecular weight is 283 g/mol. The lowest BCUT2D eigenvalue weighted by Gasteiger charge is -1.99. The van der Waals surface area contributed by atoms with Crippen LogP contribution in [0.15, 0.2) is 22.8 Å². The van der Waals surface area contributed by atoms with Gasteiger partial charge in [0.1, 0.15) is 4.60 Å². The second-order valence-electron chi connectivity index (χ2n) is 3.25. The maximum atomic E-state index is 11.5. The van der Waals surface area contributed by atoms with Crippen molar-refractivity contribution in [2.24, 2.45) is 7.05 Å². The Balaban J connectivity index is 2.80. The van der Waals surface area contributed by atoms with Gasteiger partial charge in [0.15, 0.2) is 0 Å². The van der Waals surface area contributed by atoms with Crippen molar-refractivity contribution in [3.63, 3.8) is 0 Å². The van der Waals surface area contributed by atoms with Gasteiger partial charge in [-0.3, -0.25) is 9.48 Å². The number of nitrogens with zero attached hydrogens (tertiary/aromatic N) is 2. The Morgan fingerprint density at radius 2 is 2.12 bits per heavy atom. The Morgan fingerprint density at radius 1 is 1.44 bits per heavy atom. The first-order valence-electron chi connectivity index (χ1n) is 4.41. The maximum absolute atomic E-state index is 11.5. The minimum atomic E-state index is -1.47.